The third-order valence-corrected chi connectivity index (χ3v) is 6.57. The molecule has 36 heavy (non-hydrogen) atoms. The summed E-state index contributed by atoms with van der Waals surface area (Å²) >= 11 is 0. The van der Waals surface area contributed by atoms with Crippen molar-refractivity contribution in [3.8, 4) is 17.1 Å². The number of rotatable bonds is 6. The first kappa shape index (κ1) is 25.3. The first-order valence-corrected chi connectivity index (χ1v) is 12.2. The number of benzene rings is 1. The summed E-state index contributed by atoms with van der Waals surface area (Å²) in [5.41, 5.74) is 11.1. The van der Waals surface area contributed by atoms with Crippen LogP contribution in [0.1, 0.15) is 50.5 Å². The number of halogens is 1. The summed E-state index contributed by atoms with van der Waals surface area (Å²) in [6.45, 7) is 1.01. The van der Waals surface area contributed by atoms with Gasteiger partial charge >= 0.3 is 12.1 Å². The fraction of sp³-hybridized carbons (Fsp3) is 0.480. The molecule has 11 heteroatoms. The number of guanidine groups is 1. The van der Waals surface area contributed by atoms with Gasteiger partial charge in [-0.25, -0.2) is 19.2 Å². The van der Waals surface area contributed by atoms with Crippen molar-refractivity contribution in [2.24, 2.45) is 22.4 Å². The van der Waals surface area contributed by atoms with Gasteiger partial charge in [-0.2, -0.15) is 0 Å². The Bertz CT molecular complexity index is 1090. The van der Waals surface area contributed by atoms with Crippen molar-refractivity contribution >= 4 is 18.0 Å². The zero-order valence-corrected chi connectivity index (χ0v) is 20.1. The molecule has 192 valence electrons. The zero-order chi connectivity index (χ0) is 25.5. The van der Waals surface area contributed by atoms with Gasteiger partial charge in [0.2, 0.25) is 5.91 Å². The number of aromatic nitrogens is 2. The van der Waals surface area contributed by atoms with Crippen LogP contribution in [0.15, 0.2) is 35.6 Å². The standard InChI is InChI=1S/C25H31FN6O4/c26-21-17(15-35-25(34)31-23(27)28)7-4-8-20(21)18-13-29-24(30-14-18)36-19-9-11-32(12-10-19)22(33)16-5-2-1-3-6-16/h4,7-8,13-14,16,19H,1-3,5-6,9-12,15H2,(H4,27,28,31,34). The summed E-state index contributed by atoms with van der Waals surface area (Å²) in [7, 11) is 0. The molecule has 0 atom stereocenters. The van der Waals surface area contributed by atoms with Crippen LogP contribution in [-0.4, -0.2) is 52.0 Å². The van der Waals surface area contributed by atoms with Gasteiger partial charge in [0, 0.05) is 60.9 Å². The summed E-state index contributed by atoms with van der Waals surface area (Å²) in [6.07, 6.45) is 8.85. The van der Waals surface area contributed by atoms with Crippen LogP contribution in [-0.2, 0) is 16.1 Å². The summed E-state index contributed by atoms with van der Waals surface area (Å²) < 4.78 is 25.8. The average Bonchev–Trinajstić information content (AvgIpc) is 2.89. The SMILES string of the molecule is NC(N)=NC(=O)OCc1cccc(-c2cnc(OC3CCN(C(=O)C4CCCCC4)CC3)nc2)c1F. The Morgan fingerprint density at radius 1 is 1.06 bits per heavy atom. The van der Waals surface area contributed by atoms with Crippen molar-refractivity contribution in [1.82, 2.24) is 14.9 Å². The third kappa shape index (κ3) is 6.46. The van der Waals surface area contributed by atoms with Crippen LogP contribution in [0.5, 0.6) is 6.01 Å². The molecular formula is C25H31FN6O4. The molecule has 2 fully saturated rings. The largest absolute Gasteiger partial charge is 0.460 e. The minimum absolute atomic E-state index is 0.0776. The molecule has 2 amide bonds. The van der Waals surface area contributed by atoms with Crippen molar-refractivity contribution in [3.05, 3.63) is 42.0 Å². The van der Waals surface area contributed by atoms with Gasteiger partial charge in [-0.05, 0) is 12.8 Å². The second kappa shape index (κ2) is 11.8. The summed E-state index contributed by atoms with van der Waals surface area (Å²) in [4.78, 5) is 37.9. The van der Waals surface area contributed by atoms with E-state index in [1.54, 1.807) is 12.1 Å². The smallest absolute Gasteiger partial charge is 0.437 e. The molecule has 0 spiro atoms. The van der Waals surface area contributed by atoms with Gasteiger partial charge in [-0.3, -0.25) is 4.79 Å². The van der Waals surface area contributed by atoms with E-state index in [2.05, 4.69) is 15.0 Å². The first-order valence-electron chi connectivity index (χ1n) is 12.2. The number of carbonyl (C=O) groups is 2. The molecule has 1 saturated heterocycles. The number of nitrogens with two attached hydrogens (primary N) is 2. The number of nitrogens with zero attached hydrogens (tertiary/aromatic N) is 4. The molecule has 10 nitrogen and oxygen atoms in total. The quantitative estimate of drug-likeness (QED) is 0.456. The Morgan fingerprint density at radius 3 is 2.42 bits per heavy atom. The molecule has 1 aromatic heterocycles. The Hall–Kier alpha value is -3.76. The van der Waals surface area contributed by atoms with E-state index < -0.39 is 17.9 Å². The van der Waals surface area contributed by atoms with E-state index in [4.69, 9.17) is 20.9 Å². The van der Waals surface area contributed by atoms with Crippen LogP contribution >= 0.6 is 0 Å². The first-order chi connectivity index (χ1) is 17.4. The Labute approximate surface area is 208 Å². The molecule has 2 aliphatic rings. The van der Waals surface area contributed by atoms with Gasteiger partial charge in [0.25, 0.3) is 0 Å². The van der Waals surface area contributed by atoms with Crippen LogP contribution in [0.2, 0.25) is 0 Å². The fourth-order valence-electron chi connectivity index (χ4n) is 4.66. The number of carbonyl (C=O) groups excluding carboxylic acids is 2. The second-order valence-corrected chi connectivity index (χ2v) is 9.10. The van der Waals surface area contributed by atoms with E-state index in [9.17, 15) is 14.0 Å². The number of amides is 2. The lowest BCUT2D eigenvalue weighted by Crippen LogP contribution is -2.44. The number of ether oxygens (including phenoxy) is 2. The van der Waals surface area contributed by atoms with Gasteiger partial charge in [-0.1, -0.05) is 37.5 Å². The average molecular weight is 499 g/mol. The van der Waals surface area contributed by atoms with Crippen molar-refractivity contribution in [3.63, 3.8) is 0 Å². The van der Waals surface area contributed by atoms with E-state index in [0.717, 1.165) is 38.5 Å². The lowest BCUT2D eigenvalue weighted by molar-refractivity contribution is -0.138. The zero-order valence-electron chi connectivity index (χ0n) is 20.1. The Balaban J connectivity index is 1.31. The summed E-state index contributed by atoms with van der Waals surface area (Å²) in [5.74, 6) is -0.547. The number of hydrogen-bond acceptors (Lipinski definition) is 6. The molecule has 0 radical (unpaired) electrons. The predicted octanol–water partition coefficient (Wildman–Crippen LogP) is 3.14. The van der Waals surface area contributed by atoms with Crippen LogP contribution in [0.4, 0.5) is 9.18 Å². The molecule has 4 N–H and O–H groups in total. The van der Waals surface area contributed by atoms with Crippen molar-refractivity contribution < 1.29 is 23.5 Å². The normalized spacial score (nSPS) is 16.9. The number of piperidine rings is 1. The van der Waals surface area contributed by atoms with E-state index in [-0.39, 0.29) is 41.7 Å². The molecule has 1 aliphatic carbocycles. The Morgan fingerprint density at radius 2 is 1.75 bits per heavy atom. The monoisotopic (exact) mass is 498 g/mol. The van der Waals surface area contributed by atoms with Crippen LogP contribution < -0.4 is 16.2 Å². The highest BCUT2D eigenvalue weighted by molar-refractivity contribution is 5.87. The van der Waals surface area contributed by atoms with E-state index in [1.807, 2.05) is 4.90 Å². The molecule has 1 aromatic carbocycles. The number of likely N-dealkylation sites (tertiary alicyclic amines) is 1. The molecule has 4 rings (SSSR count). The highest BCUT2D eigenvalue weighted by Gasteiger charge is 2.30. The maximum Gasteiger partial charge on any atom is 0.437 e. The van der Waals surface area contributed by atoms with Gasteiger partial charge in [0.15, 0.2) is 5.96 Å². The third-order valence-electron chi connectivity index (χ3n) is 6.57. The van der Waals surface area contributed by atoms with E-state index in [0.29, 0.717) is 18.7 Å². The molecule has 1 aliphatic heterocycles. The predicted molar refractivity (Wildman–Crippen MR) is 130 cm³/mol. The number of hydrogen-bond donors (Lipinski definition) is 2. The lowest BCUT2D eigenvalue weighted by Gasteiger charge is -2.34. The van der Waals surface area contributed by atoms with Crippen molar-refractivity contribution in [1.29, 1.82) is 0 Å². The molecule has 2 heterocycles. The highest BCUT2D eigenvalue weighted by Crippen LogP contribution is 2.28. The Kier molecular flexibility index (Phi) is 8.29. The molecule has 0 bridgehead atoms. The molecule has 2 aromatic rings. The lowest BCUT2D eigenvalue weighted by atomic mass is 9.88. The summed E-state index contributed by atoms with van der Waals surface area (Å²) in [6, 6.07) is 4.91. The van der Waals surface area contributed by atoms with Crippen LogP contribution in [0.3, 0.4) is 0 Å². The van der Waals surface area contributed by atoms with Crippen molar-refractivity contribution in [2.45, 2.75) is 57.7 Å². The van der Waals surface area contributed by atoms with Crippen LogP contribution in [0.25, 0.3) is 11.1 Å². The molecular weight excluding hydrogens is 467 g/mol. The van der Waals surface area contributed by atoms with E-state index in [1.165, 1.54) is 24.9 Å². The van der Waals surface area contributed by atoms with Gasteiger partial charge in [-0.15, -0.1) is 4.99 Å². The summed E-state index contributed by atoms with van der Waals surface area (Å²) in [5, 5.41) is 0. The number of aliphatic imine (C=N–C) groups is 1. The minimum Gasteiger partial charge on any atom is -0.460 e. The van der Waals surface area contributed by atoms with Gasteiger partial charge in [0.1, 0.15) is 18.5 Å². The highest BCUT2D eigenvalue weighted by atomic mass is 19.1. The van der Waals surface area contributed by atoms with Gasteiger partial charge in [0.05, 0.1) is 0 Å². The maximum absolute atomic E-state index is 15.0. The fourth-order valence-corrected chi connectivity index (χ4v) is 4.66. The van der Waals surface area contributed by atoms with Crippen molar-refractivity contribution in [2.75, 3.05) is 13.1 Å². The second-order valence-electron chi connectivity index (χ2n) is 9.10. The minimum atomic E-state index is -1.01. The van der Waals surface area contributed by atoms with Gasteiger partial charge < -0.3 is 25.8 Å². The van der Waals surface area contributed by atoms with E-state index >= 15 is 0 Å². The molecule has 1 saturated carbocycles. The topological polar surface area (TPSA) is 146 Å². The molecule has 0 unspecified atom stereocenters. The van der Waals surface area contributed by atoms with Crippen LogP contribution in [0, 0.1) is 11.7 Å². The maximum atomic E-state index is 15.0.